The van der Waals surface area contributed by atoms with E-state index >= 15 is 0 Å². The predicted octanol–water partition coefficient (Wildman–Crippen LogP) is 2.17. The highest BCUT2D eigenvalue weighted by molar-refractivity contribution is 7.89. The lowest BCUT2D eigenvalue weighted by Crippen LogP contribution is -2.16. The van der Waals surface area contributed by atoms with Gasteiger partial charge >= 0.3 is 0 Å². The summed E-state index contributed by atoms with van der Waals surface area (Å²) in [4.78, 5) is 21.3. The van der Waals surface area contributed by atoms with E-state index in [4.69, 9.17) is 9.66 Å². The van der Waals surface area contributed by atoms with Crippen LogP contribution in [0.3, 0.4) is 0 Å². The number of primary sulfonamides is 1. The predicted molar refractivity (Wildman–Crippen MR) is 114 cm³/mol. The molecule has 31 heavy (non-hydrogen) atoms. The number of aryl methyl sites for hydroxylation is 2. The number of aromatic nitrogens is 4. The summed E-state index contributed by atoms with van der Waals surface area (Å²) < 4.78 is 29.0. The second kappa shape index (κ2) is 8.28. The smallest absolute Gasteiger partial charge is 0.274 e. The third kappa shape index (κ3) is 4.78. The van der Waals surface area contributed by atoms with Crippen molar-refractivity contribution in [1.82, 2.24) is 19.5 Å². The lowest BCUT2D eigenvalue weighted by molar-refractivity contribution is 0.102. The van der Waals surface area contributed by atoms with E-state index in [0.29, 0.717) is 40.7 Å². The van der Waals surface area contributed by atoms with E-state index in [1.165, 1.54) is 6.20 Å². The first kappa shape index (κ1) is 20.7. The number of benzene rings is 1. The molecule has 3 aromatic heterocycles. The number of carbonyl (C=O) groups excluding carboxylic acids is 1. The van der Waals surface area contributed by atoms with Gasteiger partial charge < -0.3 is 9.84 Å². The minimum Gasteiger partial charge on any atom is -0.339 e. The summed E-state index contributed by atoms with van der Waals surface area (Å²) >= 11 is 0. The van der Waals surface area contributed by atoms with Crippen LogP contribution in [0.4, 0.5) is 5.69 Å². The summed E-state index contributed by atoms with van der Waals surface area (Å²) in [6.07, 6.45) is 3.89. The number of pyridine rings is 1. The van der Waals surface area contributed by atoms with Crippen molar-refractivity contribution in [2.24, 2.45) is 5.14 Å². The summed E-state index contributed by atoms with van der Waals surface area (Å²) in [5.41, 5.74) is 3.22. The molecule has 0 saturated heterocycles. The molecule has 3 N–H and O–H groups in total. The molecular formula is C20H20N6O4S. The van der Waals surface area contributed by atoms with Gasteiger partial charge in [0.15, 0.2) is 0 Å². The van der Waals surface area contributed by atoms with Crippen LogP contribution in [0, 0.1) is 6.92 Å². The number of sulfonamides is 1. The molecule has 10 nitrogen and oxygen atoms in total. The average Bonchev–Trinajstić information content (AvgIpc) is 3.36. The normalized spacial score (nSPS) is 11.7. The number of hydrogen-bond acceptors (Lipinski definition) is 7. The molecule has 0 spiro atoms. The number of nitrogens with one attached hydrogen (secondary N) is 1. The van der Waals surface area contributed by atoms with Gasteiger partial charge in [-0.05, 0) is 37.1 Å². The highest BCUT2D eigenvalue weighted by Gasteiger charge is 2.15. The second-order valence-electron chi connectivity index (χ2n) is 7.04. The Kier molecular flexibility index (Phi) is 5.53. The molecule has 1 aromatic carbocycles. The van der Waals surface area contributed by atoms with Gasteiger partial charge in [-0.1, -0.05) is 23.4 Å². The first-order chi connectivity index (χ1) is 14.8. The van der Waals surface area contributed by atoms with Crippen LogP contribution >= 0.6 is 0 Å². The fraction of sp³-hybridized carbons (Fsp3) is 0.200. The zero-order chi connectivity index (χ0) is 22.0. The van der Waals surface area contributed by atoms with E-state index < -0.39 is 10.0 Å². The van der Waals surface area contributed by atoms with Crippen LogP contribution in [-0.4, -0.2) is 39.6 Å². The fourth-order valence-corrected chi connectivity index (χ4v) is 3.63. The van der Waals surface area contributed by atoms with E-state index in [0.717, 1.165) is 5.56 Å². The number of imidazole rings is 1. The molecular weight excluding hydrogens is 420 g/mol. The fourth-order valence-electron chi connectivity index (χ4n) is 3.08. The molecule has 160 valence electrons. The van der Waals surface area contributed by atoms with E-state index in [2.05, 4.69) is 20.4 Å². The lowest BCUT2D eigenvalue weighted by Gasteiger charge is -2.09. The minimum atomic E-state index is -3.53. The van der Waals surface area contributed by atoms with Crippen molar-refractivity contribution >= 4 is 27.3 Å². The number of anilines is 1. The van der Waals surface area contributed by atoms with E-state index in [1.54, 1.807) is 16.7 Å². The molecule has 4 rings (SSSR count). The van der Waals surface area contributed by atoms with Gasteiger partial charge in [-0.15, -0.1) is 0 Å². The zero-order valence-corrected chi connectivity index (χ0v) is 17.5. The third-order valence-electron chi connectivity index (χ3n) is 4.68. The second-order valence-corrected chi connectivity index (χ2v) is 8.77. The number of carbonyl (C=O) groups is 1. The number of hydrogen-bond donors (Lipinski definition) is 2. The molecule has 0 aliphatic rings. The third-order valence-corrected chi connectivity index (χ3v) is 5.54. The number of fused-ring (bicyclic) bond motifs is 1. The molecule has 11 heteroatoms. The molecule has 0 aliphatic heterocycles. The SMILES string of the molecule is Cc1ccc(-c2noc(CCCS(N)(=O)=O)n2)cc1NC(=O)c1cnc2ccccn12. The van der Waals surface area contributed by atoms with Gasteiger partial charge in [0.25, 0.3) is 5.91 Å². The van der Waals surface area contributed by atoms with Crippen molar-refractivity contribution in [2.75, 3.05) is 11.1 Å². The summed E-state index contributed by atoms with van der Waals surface area (Å²) in [6.45, 7) is 1.88. The van der Waals surface area contributed by atoms with Crippen LogP contribution in [0.5, 0.6) is 0 Å². The highest BCUT2D eigenvalue weighted by atomic mass is 32.2. The molecule has 0 fully saturated rings. The molecule has 3 heterocycles. The van der Waals surface area contributed by atoms with Crippen LogP contribution in [-0.2, 0) is 16.4 Å². The summed E-state index contributed by atoms with van der Waals surface area (Å²) in [5, 5.41) is 11.9. The van der Waals surface area contributed by atoms with Gasteiger partial charge in [-0.3, -0.25) is 9.20 Å². The van der Waals surface area contributed by atoms with Crippen molar-refractivity contribution in [2.45, 2.75) is 19.8 Å². The summed E-state index contributed by atoms with van der Waals surface area (Å²) in [5.74, 6) is 0.205. The van der Waals surface area contributed by atoms with Crippen molar-refractivity contribution < 1.29 is 17.7 Å². The first-order valence-corrected chi connectivity index (χ1v) is 11.2. The van der Waals surface area contributed by atoms with Crippen LogP contribution < -0.4 is 10.5 Å². The van der Waals surface area contributed by atoms with E-state index in [-0.39, 0.29) is 18.1 Å². The quantitative estimate of drug-likeness (QED) is 0.448. The number of nitrogens with two attached hydrogens (primary N) is 1. The molecule has 0 bridgehead atoms. The first-order valence-electron chi connectivity index (χ1n) is 9.48. The Balaban J connectivity index is 1.52. The molecule has 0 saturated carbocycles. The maximum absolute atomic E-state index is 12.8. The standard InChI is InChI=1S/C20H20N6O4S/c1-13-7-8-14(19-24-18(30-25-19)6-4-10-31(21,28)29)11-15(13)23-20(27)16-12-22-17-5-2-3-9-26(16)17/h2-3,5,7-9,11-12H,4,6,10H2,1H3,(H,23,27)(H2,21,28,29). The van der Waals surface area contributed by atoms with Crippen LogP contribution in [0.2, 0.25) is 0 Å². The summed E-state index contributed by atoms with van der Waals surface area (Å²) in [6, 6.07) is 10.9. The maximum Gasteiger partial charge on any atom is 0.274 e. The minimum absolute atomic E-state index is 0.158. The Morgan fingerprint density at radius 2 is 2.10 bits per heavy atom. The highest BCUT2D eigenvalue weighted by Crippen LogP contribution is 2.24. The van der Waals surface area contributed by atoms with Crippen molar-refractivity contribution in [3.63, 3.8) is 0 Å². The Hall–Kier alpha value is -3.57. The topological polar surface area (TPSA) is 145 Å². The Morgan fingerprint density at radius 3 is 2.90 bits per heavy atom. The number of nitrogens with zero attached hydrogens (tertiary/aromatic N) is 4. The van der Waals surface area contributed by atoms with Gasteiger partial charge in [0.1, 0.15) is 11.3 Å². The molecule has 0 atom stereocenters. The Labute approximate surface area is 178 Å². The van der Waals surface area contributed by atoms with Gasteiger partial charge in [0, 0.05) is 23.9 Å². The Morgan fingerprint density at radius 1 is 1.26 bits per heavy atom. The molecule has 1 amide bonds. The van der Waals surface area contributed by atoms with Gasteiger partial charge in [-0.2, -0.15) is 4.98 Å². The Bertz CT molecular complexity index is 1360. The monoisotopic (exact) mass is 440 g/mol. The van der Waals surface area contributed by atoms with Crippen LogP contribution in [0.1, 0.15) is 28.4 Å². The van der Waals surface area contributed by atoms with Gasteiger partial charge in [0.2, 0.25) is 21.7 Å². The maximum atomic E-state index is 12.8. The summed E-state index contributed by atoms with van der Waals surface area (Å²) in [7, 11) is -3.53. The van der Waals surface area contributed by atoms with E-state index in [9.17, 15) is 13.2 Å². The van der Waals surface area contributed by atoms with Crippen molar-refractivity contribution in [1.29, 1.82) is 0 Å². The molecule has 0 radical (unpaired) electrons. The van der Waals surface area contributed by atoms with Gasteiger partial charge in [0.05, 0.1) is 11.9 Å². The zero-order valence-electron chi connectivity index (χ0n) is 16.6. The van der Waals surface area contributed by atoms with Crippen molar-refractivity contribution in [3.8, 4) is 11.4 Å². The van der Waals surface area contributed by atoms with Gasteiger partial charge in [-0.25, -0.2) is 18.5 Å². The largest absolute Gasteiger partial charge is 0.339 e. The number of amides is 1. The number of rotatable bonds is 7. The molecule has 0 unspecified atom stereocenters. The molecule has 4 aromatic rings. The van der Waals surface area contributed by atoms with Crippen molar-refractivity contribution in [3.05, 3.63) is 65.9 Å². The van der Waals surface area contributed by atoms with Crippen LogP contribution in [0.15, 0.2) is 53.3 Å². The van der Waals surface area contributed by atoms with E-state index in [1.807, 2.05) is 37.3 Å². The van der Waals surface area contributed by atoms with Crippen LogP contribution in [0.25, 0.3) is 17.0 Å². The average molecular weight is 440 g/mol. The molecule has 0 aliphatic carbocycles. The lowest BCUT2D eigenvalue weighted by atomic mass is 10.1.